The van der Waals surface area contributed by atoms with Gasteiger partial charge in [-0.1, -0.05) is 23.8 Å². The van der Waals surface area contributed by atoms with Gasteiger partial charge < -0.3 is 10.1 Å². The molecule has 1 heterocycles. The fraction of sp³-hybridized carbons (Fsp3) is 0.167. The number of pyridine rings is 1. The van der Waals surface area contributed by atoms with Gasteiger partial charge in [0.1, 0.15) is 11.6 Å². The zero-order valence-corrected chi connectivity index (χ0v) is 14.3. The van der Waals surface area contributed by atoms with Crippen molar-refractivity contribution in [1.82, 2.24) is 4.98 Å². The van der Waals surface area contributed by atoms with E-state index in [0.29, 0.717) is 21.8 Å². The second-order valence-corrected chi connectivity index (χ2v) is 7.49. The minimum Gasteiger partial charge on any atom is -0.497 e. The molecule has 0 aliphatic carbocycles. The molecular weight excluding hydrogens is 324 g/mol. The van der Waals surface area contributed by atoms with Crippen LogP contribution < -0.4 is 10.1 Å². The smallest absolute Gasteiger partial charge is 0.196 e. The molecule has 0 amide bonds. The monoisotopic (exact) mass is 342 g/mol. The van der Waals surface area contributed by atoms with Crippen molar-refractivity contribution >= 4 is 26.4 Å². The van der Waals surface area contributed by atoms with Gasteiger partial charge in [-0.05, 0) is 31.2 Å². The first-order valence-electron chi connectivity index (χ1n) is 7.46. The molecule has 0 radical (unpaired) electrons. The van der Waals surface area contributed by atoms with Crippen molar-refractivity contribution in [2.45, 2.75) is 11.8 Å². The van der Waals surface area contributed by atoms with Crippen LogP contribution in [-0.4, -0.2) is 26.4 Å². The van der Waals surface area contributed by atoms with E-state index in [1.54, 1.807) is 43.6 Å². The van der Waals surface area contributed by atoms with Gasteiger partial charge in [-0.15, -0.1) is 0 Å². The number of hydrogen-bond acceptors (Lipinski definition) is 5. The van der Waals surface area contributed by atoms with Crippen LogP contribution in [0.5, 0.6) is 5.75 Å². The first-order chi connectivity index (χ1) is 11.5. The van der Waals surface area contributed by atoms with Crippen molar-refractivity contribution in [3.63, 3.8) is 0 Å². The summed E-state index contributed by atoms with van der Waals surface area (Å²) in [7, 11) is -1.87. The lowest BCUT2D eigenvalue weighted by molar-refractivity contribution is 0.415. The highest BCUT2D eigenvalue weighted by Gasteiger charge is 2.15. The third-order valence-corrected chi connectivity index (χ3v) is 5.26. The molecule has 3 rings (SSSR count). The Bertz CT molecular complexity index is 967. The quantitative estimate of drug-likeness (QED) is 0.770. The predicted molar refractivity (Wildman–Crippen MR) is 95.1 cm³/mol. The van der Waals surface area contributed by atoms with Gasteiger partial charge >= 0.3 is 0 Å². The topological polar surface area (TPSA) is 68.3 Å². The number of ether oxygens (including phenoxy) is 1. The summed E-state index contributed by atoms with van der Waals surface area (Å²) in [6, 6.07) is 14.2. The van der Waals surface area contributed by atoms with Gasteiger partial charge in [0, 0.05) is 17.6 Å². The normalized spacial score (nSPS) is 11.4. The van der Waals surface area contributed by atoms with Gasteiger partial charge in [0.15, 0.2) is 9.84 Å². The number of hydrogen-bond donors (Lipinski definition) is 1. The maximum absolute atomic E-state index is 12.5. The Morgan fingerprint density at radius 2 is 1.88 bits per heavy atom. The molecule has 0 bridgehead atoms. The molecule has 0 saturated carbocycles. The highest BCUT2D eigenvalue weighted by molar-refractivity contribution is 7.91. The van der Waals surface area contributed by atoms with E-state index < -0.39 is 9.84 Å². The lowest BCUT2D eigenvalue weighted by Crippen LogP contribution is -2.15. The van der Waals surface area contributed by atoms with E-state index in [1.165, 1.54) is 0 Å². The molecule has 6 heteroatoms. The van der Waals surface area contributed by atoms with Crippen LogP contribution in [0, 0.1) is 6.92 Å². The molecule has 5 nitrogen and oxygen atoms in total. The predicted octanol–water partition coefficient (Wildman–Crippen LogP) is 3.40. The van der Waals surface area contributed by atoms with Crippen LogP contribution in [0.1, 0.15) is 5.56 Å². The van der Waals surface area contributed by atoms with Gasteiger partial charge in [-0.2, -0.15) is 0 Å². The van der Waals surface area contributed by atoms with Crippen molar-refractivity contribution in [2.24, 2.45) is 0 Å². The second kappa shape index (κ2) is 6.49. The van der Waals surface area contributed by atoms with Gasteiger partial charge in [0.05, 0.1) is 23.2 Å². The van der Waals surface area contributed by atoms with Crippen LogP contribution in [0.2, 0.25) is 0 Å². The minimum atomic E-state index is -3.44. The Morgan fingerprint density at radius 1 is 1.12 bits per heavy atom. The number of sulfone groups is 1. The lowest BCUT2D eigenvalue weighted by atomic mass is 10.2. The molecule has 0 aliphatic heterocycles. The Hall–Kier alpha value is -2.60. The SMILES string of the molecule is COc1cc(NCS(=O)(=O)c2ccc(C)cc2)c2ncccc2c1. The first-order valence-corrected chi connectivity index (χ1v) is 9.11. The summed E-state index contributed by atoms with van der Waals surface area (Å²) in [6.45, 7) is 1.92. The number of nitrogens with one attached hydrogen (secondary N) is 1. The van der Waals surface area contributed by atoms with Gasteiger partial charge in [0.2, 0.25) is 0 Å². The molecule has 0 saturated heterocycles. The number of fused-ring (bicyclic) bond motifs is 1. The Kier molecular flexibility index (Phi) is 4.40. The molecule has 1 aromatic heterocycles. The largest absolute Gasteiger partial charge is 0.497 e. The van der Waals surface area contributed by atoms with Crippen LogP contribution in [0.15, 0.2) is 59.6 Å². The molecule has 0 aliphatic rings. The third kappa shape index (κ3) is 3.33. The molecule has 24 heavy (non-hydrogen) atoms. The van der Waals surface area contributed by atoms with E-state index in [1.807, 2.05) is 25.1 Å². The number of anilines is 1. The average molecular weight is 342 g/mol. The first kappa shape index (κ1) is 16.3. The highest BCUT2D eigenvalue weighted by atomic mass is 32.2. The summed E-state index contributed by atoms with van der Waals surface area (Å²) in [5.74, 6) is 0.431. The fourth-order valence-electron chi connectivity index (χ4n) is 2.42. The maximum atomic E-state index is 12.5. The minimum absolute atomic E-state index is 0.213. The van der Waals surface area contributed by atoms with Crippen LogP contribution in [0.4, 0.5) is 5.69 Å². The van der Waals surface area contributed by atoms with Crippen molar-refractivity contribution in [1.29, 1.82) is 0 Å². The number of rotatable bonds is 5. The van der Waals surface area contributed by atoms with Crippen LogP contribution in [-0.2, 0) is 9.84 Å². The van der Waals surface area contributed by atoms with E-state index >= 15 is 0 Å². The molecule has 0 atom stereocenters. The van der Waals surface area contributed by atoms with Crippen molar-refractivity contribution < 1.29 is 13.2 Å². The van der Waals surface area contributed by atoms with E-state index in [0.717, 1.165) is 10.9 Å². The summed E-state index contributed by atoms with van der Waals surface area (Å²) in [5.41, 5.74) is 2.35. The summed E-state index contributed by atoms with van der Waals surface area (Å²) < 4.78 is 30.3. The van der Waals surface area contributed by atoms with Crippen molar-refractivity contribution in [3.8, 4) is 5.75 Å². The molecule has 2 aromatic carbocycles. The summed E-state index contributed by atoms with van der Waals surface area (Å²) in [5, 5.41) is 3.87. The van der Waals surface area contributed by atoms with Crippen LogP contribution in [0.3, 0.4) is 0 Å². The number of aryl methyl sites for hydroxylation is 1. The molecule has 0 unspecified atom stereocenters. The van der Waals surface area contributed by atoms with Gasteiger partial charge in [-0.25, -0.2) is 8.42 Å². The number of methoxy groups -OCH3 is 1. The van der Waals surface area contributed by atoms with Crippen molar-refractivity contribution in [2.75, 3.05) is 18.3 Å². The third-order valence-electron chi connectivity index (χ3n) is 3.75. The van der Waals surface area contributed by atoms with E-state index in [-0.39, 0.29) is 5.88 Å². The van der Waals surface area contributed by atoms with Crippen LogP contribution in [0.25, 0.3) is 10.9 Å². The summed E-state index contributed by atoms with van der Waals surface area (Å²) in [6.07, 6.45) is 1.68. The number of benzene rings is 2. The Morgan fingerprint density at radius 3 is 2.58 bits per heavy atom. The van der Waals surface area contributed by atoms with Gasteiger partial charge in [-0.3, -0.25) is 4.98 Å². The number of nitrogens with zero attached hydrogens (tertiary/aromatic N) is 1. The average Bonchev–Trinajstić information content (AvgIpc) is 2.59. The van der Waals surface area contributed by atoms with Crippen LogP contribution >= 0.6 is 0 Å². The lowest BCUT2D eigenvalue weighted by Gasteiger charge is -2.12. The van der Waals surface area contributed by atoms with E-state index in [4.69, 9.17) is 4.74 Å². The maximum Gasteiger partial charge on any atom is 0.196 e. The van der Waals surface area contributed by atoms with Gasteiger partial charge in [0.25, 0.3) is 0 Å². The number of aromatic nitrogens is 1. The molecule has 124 valence electrons. The fourth-order valence-corrected chi connectivity index (χ4v) is 3.48. The van der Waals surface area contributed by atoms with E-state index in [9.17, 15) is 8.42 Å². The molecule has 0 fully saturated rings. The summed E-state index contributed by atoms with van der Waals surface area (Å²) in [4.78, 5) is 4.62. The second-order valence-electron chi connectivity index (χ2n) is 5.50. The van der Waals surface area contributed by atoms with E-state index in [2.05, 4.69) is 10.3 Å². The summed E-state index contributed by atoms with van der Waals surface area (Å²) >= 11 is 0. The molecule has 3 aromatic rings. The Balaban J connectivity index is 1.91. The Labute approximate surface area is 141 Å². The zero-order chi connectivity index (χ0) is 17.2. The molecule has 0 spiro atoms. The standard InChI is InChI=1S/C18H18N2O3S/c1-13-5-7-16(8-6-13)24(21,22)12-20-17-11-15(23-2)10-14-4-3-9-19-18(14)17/h3-11,20H,12H2,1-2H3. The highest BCUT2D eigenvalue weighted by Crippen LogP contribution is 2.28. The molecule has 1 N–H and O–H groups in total. The van der Waals surface area contributed by atoms with Crippen molar-refractivity contribution in [3.05, 3.63) is 60.3 Å². The molecular formula is C18H18N2O3S. The zero-order valence-electron chi connectivity index (χ0n) is 13.5.